The second kappa shape index (κ2) is 7.01. The number of piperidine rings is 1. The van der Waals surface area contributed by atoms with E-state index in [0.29, 0.717) is 18.9 Å². The van der Waals surface area contributed by atoms with E-state index in [4.69, 9.17) is 0 Å². The fraction of sp³-hybridized carbons (Fsp3) is 0.500. The molecule has 104 valence electrons. The number of hydrogen-bond acceptors (Lipinski definition) is 2. The molecule has 1 aliphatic rings. The zero-order valence-corrected chi connectivity index (χ0v) is 12.3. The molecule has 2 rings (SSSR count). The van der Waals surface area contributed by atoms with Gasteiger partial charge in [-0.05, 0) is 55.6 Å². The smallest absolute Gasteiger partial charge is 0.220 e. The molecule has 5 heteroatoms. The van der Waals surface area contributed by atoms with Gasteiger partial charge in [0.15, 0.2) is 0 Å². The molecule has 1 heterocycles. The quantitative estimate of drug-likeness (QED) is 0.892. The molecular weight excluding hydrogens is 311 g/mol. The number of amides is 1. The van der Waals surface area contributed by atoms with Crippen LogP contribution in [-0.2, 0) is 11.3 Å². The number of carbonyl (C=O) groups is 1. The fourth-order valence-corrected chi connectivity index (χ4v) is 2.68. The Labute approximate surface area is 121 Å². The van der Waals surface area contributed by atoms with E-state index < -0.39 is 0 Å². The first-order valence-electron chi connectivity index (χ1n) is 6.56. The number of halogens is 2. The standard InChI is InChI=1S/C14H18BrFN2O/c15-13-2-1-12(16)8-11(13)9-18-14(19)7-10-3-5-17-6-4-10/h1-2,8,10,17H,3-7,9H2,(H,18,19). The highest BCUT2D eigenvalue weighted by Gasteiger charge is 2.16. The highest BCUT2D eigenvalue weighted by molar-refractivity contribution is 9.10. The van der Waals surface area contributed by atoms with Crippen LogP contribution in [0.2, 0.25) is 0 Å². The van der Waals surface area contributed by atoms with Gasteiger partial charge >= 0.3 is 0 Å². The number of hydrogen-bond donors (Lipinski definition) is 2. The van der Waals surface area contributed by atoms with Crippen molar-refractivity contribution in [3.05, 3.63) is 34.1 Å². The third-order valence-electron chi connectivity index (χ3n) is 3.42. The van der Waals surface area contributed by atoms with Crippen LogP contribution in [0.25, 0.3) is 0 Å². The molecular formula is C14H18BrFN2O. The van der Waals surface area contributed by atoms with Crippen molar-refractivity contribution < 1.29 is 9.18 Å². The van der Waals surface area contributed by atoms with Crippen LogP contribution in [0.1, 0.15) is 24.8 Å². The summed E-state index contributed by atoms with van der Waals surface area (Å²) in [6, 6.07) is 4.49. The van der Waals surface area contributed by atoms with Gasteiger partial charge in [0.05, 0.1) is 0 Å². The fourth-order valence-electron chi connectivity index (χ4n) is 2.29. The Morgan fingerprint density at radius 3 is 2.89 bits per heavy atom. The molecule has 0 unspecified atom stereocenters. The molecule has 0 aliphatic carbocycles. The van der Waals surface area contributed by atoms with E-state index in [1.54, 1.807) is 6.07 Å². The highest BCUT2D eigenvalue weighted by atomic mass is 79.9. The topological polar surface area (TPSA) is 41.1 Å². The molecule has 0 saturated carbocycles. The van der Waals surface area contributed by atoms with Crippen molar-refractivity contribution in [1.29, 1.82) is 0 Å². The second-order valence-corrected chi connectivity index (χ2v) is 5.76. The molecule has 0 spiro atoms. The lowest BCUT2D eigenvalue weighted by Gasteiger charge is -2.22. The van der Waals surface area contributed by atoms with E-state index in [1.807, 2.05) is 0 Å². The summed E-state index contributed by atoms with van der Waals surface area (Å²) in [5.74, 6) is 0.228. The van der Waals surface area contributed by atoms with Crippen molar-refractivity contribution in [3.63, 3.8) is 0 Å². The van der Waals surface area contributed by atoms with Crippen molar-refractivity contribution in [3.8, 4) is 0 Å². The minimum absolute atomic E-state index is 0.0445. The lowest BCUT2D eigenvalue weighted by atomic mass is 9.94. The first kappa shape index (κ1) is 14.5. The lowest BCUT2D eigenvalue weighted by Crippen LogP contribution is -2.32. The van der Waals surface area contributed by atoms with Gasteiger partial charge in [-0.3, -0.25) is 4.79 Å². The van der Waals surface area contributed by atoms with E-state index in [1.165, 1.54) is 12.1 Å². The van der Waals surface area contributed by atoms with E-state index in [-0.39, 0.29) is 11.7 Å². The maximum atomic E-state index is 13.1. The number of carbonyl (C=O) groups excluding carboxylic acids is 1. The highest BCUT2D eigenvalue weighted by Crippen LogP contribution is 2.18. The summed E-state index contributed by atoms with van der Waals surface area (Å²) in [7, 11) is 0. The monoisotopic (exact) mass is 328 g/mol. The first-order valence-corrected chi connectivity index (χ1v) is 7.36. The van der Waals surface area contributed by atoms with E-state index in [0.717, 1.165) is 36.0 Å². The SMILES string of the molecule is O=C(CC1CCNCC1)NCc1cc(F)ccc1Br. The molecule has 1 aromatic carbocycles. The van der Waals surface area contributed by atoms with Gasteiger partial charge in [-0.2, -0.15) is 0 Å². The average Bonchev–Trinajstić information content (AvgIpc) is 2.41. The van der Waals surface area contributed by atoms with Crippen LogP contribution in [0.4, 0.5) is 4.39 Å². The predicted molar refractivity (Wildman–Crippen MR) is 76.2 cm³/mol. The molecule has 1 fully saturated rings. The maximum Gasteiger partial charge on any atom is 0.220 e. The van der Waals surface area contributed by atoms with E-state index in [9.17, 15) is 9.18 Å². The summed E-state index contributed by atoms with van der Waals surface area (Å²) in [6.07, 6.45) is 2.67. The molecule has 0 bridgehead atoms. The zero-order valence-electron chi connectivity index (χ0n) is 10.7. The van der Waals surface area contributed by atoms with Crippen LogP contribution in [-0.4, -0.2) is 19.0 Å². The molecule has 0 radical (unpaired) electrons. The molecule has 1 amide bonds. The number of benzene rings is 1. The summed E-state index contributed by atoms with van der Waals surface area (Å²) in [5.41, 5.74) is 0.763. The van der Waals surface area contributed by atoms with Gasteiger partial charge in [0, 0.05) is 17.4 Å². The molecule has 1 aromatic rings. The first-order chi connectivity index (χ1) is 9.15. The van der Waals surface area contributed by atoms with Gasteiger partial charge in [0.25, 0.3) is 0 Å². The van der Waals surface area contributed by atoms with Gasteiger partial charge in [0.2, 0.25) is 5.91 Å². The van der Waals surface area contributed by atoms with Crippen LogP contribution in [0.5, 0.6) is 0 Å². The van der Waals surface area contributed by atoms with E-state index in [2.05, 4.69) is 26.6 Å². The molecule has 1 aliphatic heterocycles. The summed E-state index contributed by atoms with van der Waals surface area (Å²) < 4.78 is 13.9. The number of rotatable bonds is 4. The largest absolute Gasteiger partial charge is 0.352 e. The lowest BCUT2D eigenvalue weighted by molar-refractivity contribution is -0.122. The van der Waals surface area contributed by atoms with Crippen molar-refractivity contribution in [2.45, 2.75) is 25.8 Å². The average molecular weight is 329 g/mol. The van der Waals surface area contributed by atoms with E-state index >= 15 is 0 Å². The summed E-state index contributed by atoms with van der Waals surface area (Å²) in [4.78, 5) is 11.8. The Hall–Kier alpha value is -0.940. The second-order valence-electron chi connectivity index (χ2n) is 4.91. The van der Waals surface area contributed by atoms with Gasteiger partial charge in [0.1, 0.15) is 5.82 Å². The van der Waals surface area contributed by atoms with Crippen LogP contribution in [0, 0.1) is 11.7 Å². The molecule has 1 saturated heterocycles. The molecule has 3 nitrogen and oxygen atoms in total. The van der Waals surface area contributed by atoms with Crippen molar-refractivity contribution >= 4 is 21.8 Å². The predicted octanol–water partition coefficient (Wildman–Crippen LogP) is 2.59. The molecule has 0 aromatic heterocycles. The Morgan fingerprint density at radius 1 is 1.42 bits per heavy atom. The minimum atomic E-state index is -0.286. The molecule has 2 N–H and O–H groups in total. The van der Waals surface area contributed by atoms with Gasteiger partial charge in [-0.1, -0.05) is 15.9 Å². The van der Waals surface area contributed by atoms with Crippen molar-refractivity contribution in [2.24, 2.45) is 5.92 Å². The van der Waals surface area contributed by atoms with Gasteiger partial charge < -0.3 is 10.6 Å². The van der Waals surface area contributed by atoms with Crippen LogP contribution in [0.3, 0.4) is 0 Å². The Morgan fingerprint density at radius 2 is 2.16 bits per heavy atom. The maximum absolute atomic E-state index is 13.1. The summed E-state index contributed by atoms with van der Waals surface area (Å²) in [6.45, 7) is 2.35. The van der Waals surface area contributed by atoms with Gasteiger partial charge in [-0.25, -0.2) is 4.39 Å². The summed E-state index contributed by atoms with van der Waals surface area (Å²) in [5, 5.41) is 6.14. The van der Waals surface area contributed by atoms with Crippen LogP contribution < -0.4 is 10.6 Å². The number of nitrogens with one attached hydrogen (secondary N) is 2. The third-order valence-corrected chi connectivity index (χ3v) is 4.19. The normalized spacial score (nSPS) is 16.3. The minimum Gasteiger partial charge on any atom is -0.352 e. The van der Waals surface area contributed by atoms with Gasteiger partial charge in [-0.15, -0.1) is 0 Å². The van der Waals surface area contributed by atoms with Crippen molar-refractivity contribution in [2.75, 3.05) is 13.1 Å². The van der Waals surface area contributed by atoms with Crippen molar-refractivity contribution in [1.82, 2.24) is 10.6 Å². The zero-order chi connectivity index (χ0) is 13.7. The third kappa shape index (κ3) is 4.58. The van der Waals surface area contributed by atoms with Crippen LogP contribution >= 0.6 is 15.9 Å². The Balaban J connectivity index is 1.81. The Bertz CT molecular complexity index is 447. The summed E-state index contributed by atoms with van der Waals surface area (Å²) >= 11 is 3.35. The molecule has 0 atom stereocenters. The Kier molecular flexibility index (Phi) is 5.34. The van der Waals surface area contributed by atoms with Crippen LogP contribution in [0.15, 0.2) is 22.7 Å². The molecule has 19 heavy (non-hydrogen) atoms.